The quantitative estimate of drug-likeness (QED) is 0.858. The molecule has 0 fully saturated rings. The Bertz CT molecular complexity index is 489. The largest absolute Gasteiger partial charge is 0.347 e. The van der Waals surface area contributed by atoms with E-state index in [9.17, 15) is 4.79 Å². The minimum atomic E-state index is -0.120. The molecule has 0 saturated heterocycles. The zero-order valence-electron chi connectivity index (χ0n) is 9.54. The maximum atomic E-state index is 11.9. The second kappa shape index (κ2) is 6.61. The average Bonchev–Trinajstić information content (AvgIpc) is 2.93. The highest BCUT2D eigenvalue weighted by atomic mass is 79.9. The molecule has 2 rings (SSSR count). The normalized spacial score (nSPS) is 12.1. The van der Waals surface area contributed by atoms with Gasteiger partial charge in [-0.05, 0) is 23.5 Å². The molecule has 18 heavy (non-hydrogen) atoms. The van der Waals surface area contributed by atoms with E-state index >= 15 is 0 Å². The van der Waals surface area contributed by atoms with Gasteiger partial charge in [-0.15, -0.1) is 5.10 Å². The third-order valence-electron chi connectivity index (χ3n) is 2.43. The number of carbonyl (C=O) groups excluding carboxylic acids is 1. The zero-order chi connectivity index (χ0) is 12.8. The fourth-order valence-corrected chi connectivity index (χ4v) is 2.38. The lowest BCUT2D eigenvalue weighted by molar-refractivity contribution is 0.0945. The summed E-state index contributed by atoms with van der Waals surface area (Å²) in [6.07, 6.45) is 2.28. The Hall–Kier alpha value is -1.27. The summed E-state index contributed by atoms with van der Waals surface area (Å²) in [5.74, 6) is -0.120. The number of nitrogens with one attached hydrogen (secondary N) is 1. The number of amides is 1. The molecule has 1 unspecified atom stereocenters. The minimum Gasteiger partial charge on any atom is -0.347 e. The lowest BCUT2D eigenvalue weighted by Gasteiger charge is -2.15. The van der Waals surface area contributed by atoms with Gasteiger partial charge in [-0.2, -0.15) is 0 Å². The molecule has 0 aliphatic carbocycles. The number of benzene rings is 1. The second-order valence-electron chi connectivity index (χ2n) is 3.80. The van der Waals surface area contributed by atoms with Gasteiger partial charge in [0.25, 0.3) is 5.91 Å². The van der Waals surface area contributed by atoms with Crippen LogP contribution in [0.5, 0.6) is 0 Å². The van der Waals surface area contributed by atoms with Gasteiger partial charge >= 0.3 is 0 Å². The molecule has 1 amide bonds. The first-order valence-corrected chi connectivity index (χ1v) is 7.37. The third-order valence-corrected chi connectivity index (χ3v) is 3.88. The number of carbonyl (C=O) groups is 1. The number of halogens is 1. The smallest absolute Gasteiger partial charge is 0.264 e. The molecule has 0 radical (unpaired) electrons. The Morgan fingerprint density at radius 2 is 2.17 bits per heavy atom. The Morgan fingerprint density at radius 1 is 1.39 bits per heavy atom. The summed E-state index contributed by atoms with van der Waals surface area (Å²) in [5.41, 5.74) is 1.20. The SMILES string of the molecule is O=C(NC(CBr)Cc1ccccc1)c1cnns1. The second-order valence-corrected chi connectivity index (χ2v) is 5.23. The molecule has 1 N–H and O–H groups in total. The molecule has 2 aromatic rings. The van der Waals surface area contributed by atoms with Crippen molar-refractivity contribution in [3.8, 4) is 0 Å². The third kappa shape index (κ3) is 3.61. The van der Waals surface area contributed by atoms with Crippen molar-refractivity contribution < 1.29 is 4.79 Å². The summed E-state index contributed by atoms with van der Waals surface area (Å²) in [4.78, 5) is 12.4. The summed E-state index contributed by atoms with van der Waals surface area (Å²) < 4.78 is 3.68. The maximum Gasteiger partial charge on any atom is 0.264 e. The van der Waals surface area contributed by atoms with Crippen LogP contribution in [0, 0.1) is 0 Å². The molecule has 0 aliphatic heterocycles. The van der Waals surface area contributed by atoms with E-state index in [0.29, 0.717) is 10.2 Å². The Labute approximate surface area is 118 Å². The number of hydrogen-bond donors (Lipinski definition) is 1. The molecule has 0 aliphatic rings. The molecule has 1 atom stereocenters. The van der Waals surface area contributed by atoms with Crippen molar-refractivity contribution >= 4 is 33.4 Å². The minimum absolute atomic E-state index is 0.0574. The lowest BCUT2D eigenvalue weighted by atomic mass is 10.1. The number of rotatable bonds is 5. The zero-order valence-corrected chi connectivity index (χ0v) is 11.9. The van der Waals surface area contributed by atoms with E-state index in [1.165, 1.54) is 11.8 Å². The molecule has 1 aromatic carbocycles. The van der Waals surface area contributed by atoms with Gasteiger partial charge in [0, 0.05) is 11.4 Å². The first kappa shape index (κ1) is 13.2. The van der Waals surface area contributed by atoms with E-state index in [1.807, 2.05) is 18.2 Å². The van der Waals surface area contributed by atoms with Crippen LogP contribution in [0.1, 0.15) is 15.2 Å². The molecule has 1 aromatic heterocycles. The Balaban J connectivity index is 1.96. The van der Waals surface area contributed by atoms with Crippen LogP contribution < -0.4 is 5.32 Å². The number of nitrogens with zero attached hydrogens (tertiary/aromatic N) is 2. The fourth-order valence-electron chi connectivity index (χ4n) is 1.57. The van der Waals surface area contributed by atoms with Crippen LogP contribution in [-0.4, -0.2) is 26.9 Å². The number of alkyl halides is 1. The van der Waals surface area contributed by atoms with Crippen LogP contribution in [0.3, 0.4) is 0 Å². The summed E-state index contributed by atoms with van der Waals surface area (Å²) in [7, 11) is 0. The lowest BCUT2D eigenvalue weighted by Crippen LogP contribution is -2.37. The van der Waals surface area contributed by atoms with E-state index in [0.717, 1.165) is 18.0 Å². The van der Waals surface area contributed by atoms with Crippen molar-refractivity contribution in [2.75, 3.05) is 5.33 Å². The Morgan fingerprint density at radius 3 is 2.78 bits per heavy atom. The van der Waals surface area contributed by atoms with Crippen molar-refractivity contribution in [1.29, 1.82) is 0 Å². The molecule has 1 heterocycles. The number of hydrogen-bond acceptors (Lipinski definition) is 4. The summed E-state index contributed by atoms with van der Waals surface area (Å²) in [6, 6.07) is 10.1. The number of aromatic nitrogens is 2. The molecule has 0 bridgehead atoms. The van der Waals surface area contributed by atoms with Gasteiger partial charge in [0.1, 0.15) is 4.88 Å². The van der Waals surface area contributed by atoms with E-state index < -0.39 is 0 Å². The maximum absolute atomic E-state index is 11.9. The van der Waals surface area contributed by atoms with E-state index in [2.05, 4.69) is 43.0 Å². The monoisotopic (exact) mass is 325 g/mol. The molecule has 0 spiro atoms. The van der Waals surface area contributed by atoms with Crippen LogP contribution in [0.15, 0.2) is 36.5 Å². The summed E-state index contributed by atoms with van der Waals surface area (Å²) in [5, 5.41) is 7.33. The van der Waals surface area contributed by atoms with Crippen LogP contribution in [0.25, 0.3) is 0 Å². The van der Waals surface area contributed by atoms with Gasteiger partial charge < -0.3 is 5.32 Å². The predicted molar refractivity (Wildman–Crippen MR) is 75.1 cm³/mol. The molecule has 4 nitrogen and oxygen atoms in total. The summed E-state index contributed by atoms with van der Waals surface area (Å²) in [6.45, 7) is 0. The first-order valence-electron chi connectivity index (χ1n) is 5.47. The van der Waals surface area contributed by atoms with Crippen molar-refractivity contribution in [2.24, 2.45) is 0 Å². The Kier molecular flexibility index (Phi) is 4.83. The van der Waals surface area contributed by atoms with Crippen molar-refractivity contribution in [3.63, 3.8) is 0 Å². The van der Waals surface area contributed by atoms with E-state index in [-0.39, 0.29) is 11.9 Å². The van der Waals surface area contributed by atoms with Gasteiger partial charge in [0.2, 0.25) is 0 Å². The molecule has 6 heteroatoms. The van der Waals surface area contributed by atoms with Crippen molar-refractivity contribution in [1.82, 2.24) is 14.9 Å². The summed E-state index contributed by atoms with van der Waals surface area (Å²) >= 11 is 4.52. The van der Waals surface area contributed by atoms with Gasteiger partial charge in [-0.3, -0.25) is 4.79 Å². The van der Waals surface area contributed by atoms with Crippen LogP contribution in [-0.2, 0) is 6.42 Å². The molecule has 0 saturated carbocycles. The molecule has 94 valence electrons. The highest BCUT2D eigenvalue weighted by molar-refractivity contribution is 9.09. The van der Waals surface area contributed by atoms with Crippen molar-refractivity contribution in [2.45, 2.75) is 12.5 Å². The molecular formula is C12H12BrN3OS. The highest BCUT2D eigenvalue weighted by Gasteiger charge is 2.14. The van der Waals surface area contributed by atoms with Gasteiger partial charge in [-0.1, -0.05) is 50.8 Å². The topological polar surface area (TPSA) is 54.9 Å². The van der Waals surface area contributed by atoms with Crippen LogP contribution in [0.4, 0.5) is 0 Å². The van der Waals surface area contributed by atoms with Crippen LogP contribution in [0.2, 0.25) is 0 Å². The van der Waals surface area contributed by atoms with Gasteiger partial charge in [-0.25, -0.2) is 0 Å². The standard InChI is InChI=1S/C12H12BrN3OS/c13-7-10(6-9-4-2-1-3-5-9)15-12(17)11-8-14-16-18-11/h1-5,8,10H,6-7H2,(H,15,17). The van der Waals surface area contributed by atoms with E-state index in [1.54, 1.807) is 0 Å². The molecular weight excluding hydrogens is 314 g/mol. The predicted octanol–water partition coefficient (Wildman–Crippen LogP) is 2.27. The van der Waals surface area contributed by atoms with Crippen molar-refractivity contribution in [3.05, 3.63) is 47.0 Å². The average molecular weight is 326 g/mol. The van der Waals surface area contributed by atoms with Crippen LogP contribution >= 0.6 is 27.5 Å². The highest BCUT2D eigenvalue weighted by Crippen LogP contribution is 2.07. The van der Waals surface area contributed by atoms with Gasteiger partial charge in [0.05, 0.1) is 6.20 Å². The first-order chi connectivity index (χ1) is 8.79. The fraction of sp³-hybridized carbons (Fsp3) is 0.250. The van der Waals surface area contributed by atoms with E-state index in [4.69, 9.17) is 0 Å². The van der Waals surface area contributed by atoms with Gasteiger partial charge in [0.15, 0.2) is 0 Å².